The Bertz CT molecular complexity index is 404. The van der Waals surface area contributed by atoms with Gasteiger partial charge >= 0.3 is 0 Å². The van der Waals surface area contributed by atoms with E-state index >= 15 is 0 Å². The Labute approximate surface area is 127 Å². The van der Waals surface area contributed by atoms with Crippen LogP contribution in [0.25, 0.3) is 0 Å². The van der Waals surface area contributed by atoms with Crippen LogP contribution in [0, 0.1) is 0 Å². The smallest absolute Gasteiger partial charge is 0.220 e. The van der Waals surface area contributed by atoms with Crippen molar-refractivity contribution in [2.75, 3.05) is 31.9 Å². The molecule has 0 spiro atoms. The summed E-state index contributed by atoms with van der Waals surface area (Å²) in [5, 5.41) is 6.10. The molecule has 0 aromatic rings. The number of carbonyl (C=O) groups excluding carboxylic acids is 1. The van der Waals surface area contributed by atoms with E-state index in [4.69, 9.17) is 0 Å². The van der Waals surface area contributed by atoms with Crippen LogP contribution < -0.4 is 10.6 Å². The molecule has 0 saturated carbocycles. The molecule has 6 nitrogen and oxygen atoms in total. The topological polar surface area (TPSA) is 78.5 Å². The van der Waals surface area contributed by atoms with E-state index in [0.29, 0.717) is 25.9 Å². The van der Waals surface area contributed by atoms with Gasteiger partial charge in [-0.2, -0.15) is 0 Å². The summed E-state index contributed by atoms with van der Waals surface area (Å²) in [6.45, 7) is 3.04. The van der Waals surface area contributed by atoms with Gasteiger partial charge in [0.05, 0.1) is 5.75 Å². The highest BCUT2D eigenvalue weighted by Gasteiger charge is 2.25. The van der Waals surface area contributed by atoms with E-state index in [1.54, 1.807) is 4.31 Å². The Hall–Kier alpha value is -0.370. The maximum absolute atomic E-state index is 11.9. The number of nitrogens with one attached hydrogen (secondary N) is 2. The highest BCUT2D eigenvalue weighted by atomic mass is 35.5. The van der Waals surface area contributed by atoms with Crippen molar-refractivity contribution in [3.8, 4) is 0 Å². The summed E-state index contributed by atoms with van der Waals surface area (Å²) in [5.74, 6) is 0.0499. The van der Waals surface area contributed by atoms with E-state index in [1.165, 1.54) is 0 Å². The molecule has 0 aromatic carbocycles. The first-order valence-corrected chi connectivity index (χ1v) is 8.67. The number of sulfonamides is 1. The molecule has 20 heavy (non-hydrogen) atoms. The summed E-state index contributed by atoms with van der Waals surface area (Å²) in [6, 6.07) is 0.211. The molecule has 2 heterocycles. The van der Waals surface area contributed by atoms with Crippen molar-refractivity contribution in [1.82, 2.24) is 14.9 Å². The number of rotatable bonds is 6. The van der Waals surface area contributed by atoms with Gasteiger partial charge in [0.1, 0.15) is 0 Å². The highest BCUT2D eigenvalue weighted by Crippen LogP contribution is 2.14. The Morgan fingerprint density at radius 2 is 2.00 bits per heavy atom. The normalized spacial score (nSPS) is 23.5. The van der Waals surface area contributed by atoms with Gasteiger partial charge in [0.2, 0.25) is 15.9 Å². The Kier molecular flexibility index (Phi) is 7.22. The van der Waals surface area contributed by atoms with Gasteiger partial charge in [-0.1, -0.05) is 0 Å². The van der Waals surface area contributed by atoms with Crippen LogP contribution in [0.4, 0.5) is 0 Å². The van der Waals surface area contributed by atoms with E-state index < -0.39 is 10.0 Å². The molecule has 8 heteroatoms. The minimum Gasteiger partial charge on any atom is -0.352 e. The molecule has 1 unspecified atom stereocenters. The SMILES string of the molecule is Cl.O=C(CCCS(=O)(=O)N1CCCC1)NC1CCNC1. The molecular formula is C12H24ClN3O3S. The van der Waals surface area contributed by atoms with Crippen LogP contribution >= 0.6 is 12.4 Å². The third-order valence-electron chi connectivity index (χ3n) is 3.69. The third-order valence-corrected chi connectivity index (χ3v) is 5.65. The molecule has 2 fully saturated rings. The van der Waals surface area contributed by atoms with Crippen molar-refractivity contribution < 1.29 is 13.2 Å². The lowest BCUT2D eigenvalue weighted by Crippen LogP contribution is -2.36. The van der Waals surface area contributed by atoms with E-state index in [2.05, 4.69) is 10.6 Å². The molecule has 0 aromatic heterocycles. The number of hydrogen-bond acceptors (Lipinski definition) is 4. The first-order valence-electron chi connectivity index (χ1n) is 7.06. The van der Waals surface area contributed by atoms with Gasteiger partial charge in [0.15, 0.2) is 0 Å². The fourth-order valence-electron chi connectivity index (χ4n) is 2.59. The number of hydrogen-bond donors (Lipinski definition) is 2. The number of nitrogens with zero attached hydrogens (tertiary/aromatic N) is 1. The van der Waals surface area contributed by atoms with Crippen molar-refractivity contribution in [2.45, 2.75) is 38.1 Å². The van der Waals surface area contributed by atoms with E-state index in [-0.39, 0.29) is 30.1 Å². The maximum Gasteiger partial charge on any atom is 0.220 e. The molecule has 0 aliphatic carbocycles. The Balaban J connectivity index is 0.00000200. The Morgan fingerprint density at radius 1 is 1.30 bits per heavy atom. The van der Waals surface area contributed by atoms with Crippen molar-refractivity contribution >= 4 is 28.3 Å². The van der Waals surface area contributed by atoms with Crippen LogP contribution in [-0.2, 0) is 14.8 Å². The summed E-state index contributed by atoms with van der Waals surface area (Å²) >= 11 is 0. The molecule has 118 valence electrons. The fraction of sp³-hybridized carbons (Fsp3) is 0.917. The fourth-order valence-corrected chi connectivity index (χ4v) is 4.17. The number of halogens is 1. The van der Waals surface area contributed by atoms with Crippen LogP contribution in [0.5, 0.6) is 0 Å². The monoisotopic (exact) mass is 325 g/mol. The zero-order valence-corrected chi connectivity index (χ0v) is 13.3. The van der Waals surface area contributed by atoms with Gasteiger partial charge in [-0.3, -0.25) is 4.79 Å². The van der Waals surface area contributed by atoms with Gasteiger partial charge in [-0.05, 0) is 32.2 Å². The van der Waals surface area contributed by atoms with Gasteiger partial charge in [0, 0.05) is 32.1 Å². The van der Waals surface area contributed by atoms with E-state index in [1.807, 2.05) is 0 Å². The lowest BCUT2D eigenvalue weighted by molar-refractivity contribution is -0.121. The average Bonchev–Trinajstić information content (AvgIpc) is 3.00. The van der Waals surface area contributed by atoms with Crippen molar-refractivity contribution in [3.05, 3.63) is 0 Å². The predicted molar refractivity (Wildman–Crippen MR) is 80.5 cm³/mol. The second kappa shape index (κ2) is 8.17. The summed E-state index contributed by atoms with van der Waals surface area (Å²) in [5.41, 5.74) is 0. The largest absolute Gasteiger partial charge is 0.352 e. The molecule has 1 atom stereocenters. The first-order chi connectivity index (χ1) is 9.08. The van der Waals surface area contributed by atoms with Gasteiger partial charge in [-0.25, -0.2) is 12.7 Å². The van der Waals surface area contributed by atoms with Gasteiger partial charge in [-0.15, -0.1) is 12.4 Å². The molecule has 2 saturated heterocycles. The predicted octanol–water partition coefficient (Wildman–Crippen LogP) is 0.0921. The molecule has 2 rings (SSSR count). The maximum atomic E-state index is 11.9. The Morgan fingerprint density at radius 3 is 2.60 bits per heavy atom. The third kappa shape index (κ3) is 5.20. The summed E-state index contributed by atoms with van der Waals surface area (Å²) < 4.78 is 25.4. The number of carbonyl (C=O) groups is 1. The van der Waals surface area contributed by atoms with Crippen molar-refractivity contribution in [2.24, 2.45) is 0 Å². The summed E-state index contributed by atoms with van der Waals surface area (Å²) in [6.07, 6.45) is 3.56. The van der Waals surface area contributed by atoms with Gasteiger partial charge in [0.25, 0.3) is 0 Å². The highest BCUT2D eigenvalue weighted by molar-refractivity contribution is 7.89. The average molecular weight is 326 g/mol. The molecule has 0 bridgehead atoms. The molecule has 1 amide bonds. The second-order valence-corrected chi connectivity index (χ2v) is 7.37. The minimum atomic E-state index is -3.14. The minimum absolute atomic E-state index is 0. The van der Waals surface area contributed by atoms with Gasteiger partial charge < -0.3 is 10.6 Å². The van der Waals surface area contributed by atoms with Crippen LogP contribution in [-0.4, -0.2) is 56.6 Å². The quantitative estimate of drug-likeness (QED) is 0.725. The van der Waals surface area contributed by atoms with Crippen LogP contribution in [0.2, 0.25) is 0 Å². The zero-order chi connectivity index (χ0) is 13.7. The molecular weight excluding hydrogens is 302 g/mol. The lowest BCUT2D eigenvalue weighted by atomic mass is 10.2. The lowest BCUT2D eigenvalue weighted by Gasteiger charge is -2.15. The molecule has 2 aliphatic rings. The van der Waals surface area contributed by atoms with Crippen LogP contribution in [0.1, 0.15) is 32.1 Å². The van der Waals surface area contributed by atoms with Crippen LogP contribution in [0.3, 0.4) is 0 Å². The summed E-state index contributed by atoms with van der Waals surface area (Å²) in [4.78, 5) is 11.7. The standard InChI is InChI=1S/C12H23N3O3S.ClH/c16-12(14-11-5-6-13-10-11)4-3-9-19(17,18)15-7-1-2-8-15;/h11,13H,1-10H2,(H,14,16);1H. The van der Waals surface area contributed by atoms with Crippen molar-refractivity contribution in [1.29, 1.82) is 0 Å². The van der Waals surface area contributed by atoms with E-state index in [0.717, 1.165) is 32.4 Å². The summed E-state index contributed by atoms with van der Waals surface area (Å²) in [7, 11) is -3.14. The number of amides is 1. The van der Waals surface area contributed by atoms with Crippen molar-refractivity contribution in [3.63, 3.8) is 0 Å². The van der Waals surface area contributed by atoms with E-state index in [9.17, 15) is 13.2 Å². The molecule has 0 radical (unpaired) electrons. The second-order valence-electron chi connectivity index (χ2n) is 5.28. The first kappa shape index (κ1) is 17.7. The van der Waals surface area contributed by atoms with Crippen LogP contribution in [0.15, 0.2) is 0 Å². The molecule has 2 N–H and O–H groups in total. The zero-order valence-electron chi connectivity index (χ0n) is 11.6. The molecule has 2 aliphatic heterocycles.